The first-order valence-corrected chi connectivity index (χ1v) is 5.62. The average molecular weight is 167 g/mol. The van der Waals surface area contributed by atoms with E-state index in [1.807, 2.05) is 0 Å². The second kappa shape index (κ2) is 5.61. The molecule has 12 heavy (non-hydrogen) atoms. The molecule has 0 N–H and O–H groups in total. The highest BCUT2D eigenvalue weighted by Crippen LogP contribution is 2.27. The van der Waals surface area contributed by atoms with Crippen molar-refractivity contribution in [2.45, 2.75) is 58.8 Å². The molecule has 0 heterocycles. The monoisotopic (exact) mass is 167 g/mol. The van der Waals surface area contributed by atoms with Crippen molar-refractivity contribution in [2.24, 2.45) is 11.8 Å². The van der Waals surface area contributed by atoms with Crippen molar-refractivity contribution in [3.8, 4) is 0 Å². The van der Waals surface area contributed by atoms with Gasteiger partial charge in [-0.25, -0.2) is 0 Å². The van der Waals surface area contributed by atoms with Gasteiger partial charge in [-0.3, -0.25) is 0 Å². The quantitative estimate of drug-likeness (QED) is 0.588. The molecule has 0 aromatic heterocycles. The van der Waals surface area contributed by atoms with Crippen LogP contribution in [-0.4, -0.2) is 0 Å². The maximum atomic E-state index is 2.47. The molecule has 71 valence electrons. The molecule has 1 radical (unpaired) electrons. The Kier molecular flexibility index (Phi) is 4.72. The number of hydrogen-bond donors (Lipinski definition) is 0. The van der Waals surface area contributed by atoms with Crippen LogP contribution in [0.1, 0.15) is 58.8 Å². The van der Waals surface area contributed by atoms with E-state index in [1.54, 1.807) is 0 Å². The molecule has 1 aliphatic carbocycles. The fraction of sp³-hybridized carbons (Fsp3) is 0.917. The van der Waals surface area contributed by atoms with Crippen molar-refractivity contribution >= 4 is 0 Å². The highest BCUT2D eigenvalue weighted by Gasteiger charge is 2.12. The minimum atomic E-state index is 0.786. The smallest absolute Gasteiger partial charge is 0.0360 e. The van der Waals surface area contributed by atoms with Gasteiger partial charge in [-0.1, -0.05) is 52.4 Å². The van der Waals surface area contributed by atoms with Gasteiger partial charge in [0.25, 0.3) is 0 Å². The zero-order chi connectivity index (χ0) is 8.81. The zero-order valence-corrected chi connectivity index (χ0v) is 8.68. The van der Waals surface area contributed by atoms with Gasteiger partial charge in [0.1, 0.15) is 0 Å². The highest BCUT2D eigenvalue weighted by atomic mass is 14.2. The Bertz CT molecular complexity index is 98.6. The van der Waals surface area contributed by atoms with E-state index in [0.717, 1.165) is 11.8 Å². The van der Waals surface area contributed by atoms with Crippen LogP contribution in [0.2, 0.25) is 0 Å². The fourth-order valence-electron chi connectivity index (χ4n) is 2.14. The lowest BCUT2D eigenvalue weighted by Crippen LogP contribution is -2.06. The zero-order valence-electron chi connectivity index (χ0n) is 8.68. The Morgan fingerprint density at radius 2 is 1.83 bits per heavy atom. The van der Waals surface area contributed by atoms with Gasteiger partial charge in [-0.05, 0) is 24.7 Å². The minimum Gasteiger partial charge on any atom is -0.0625 e. The van der Waals surface area contributed by atoms with Gasteiger partial charge in [0, 0.05) is 0 Å². The molecule has 0 nitrogen and oxygen atoms in total. The van der Waals surface area contributed by atoms with Crippen LogP contribution in [0, 0.1) is 18.3 Å². The van der Waals surface area contributed by atoms with E-state index in [9.17, 15) is 0 Å². The molecular formula is C12H23. The Morgan fingerprint density at radius 3 is 2.42 bits per heavy atom. The summed E-state index contributed by atoms with van der Waals surface area (Å²) < 4.78 is 0. The Morgan fingerprint density at radius 1 is 1.17 bits per heavy atom. The predicted molar refractivity (Wildman–Crippen MR) is 54.9 cm³/mol. The van der Waals surface area contributed by atoms with Crippen LogP contribution in [-0.2, 0) is 0 Å². The first-order chi connectivity index (χ1) is 5.79. The van der Waals surface area contributed by atoms with Crippen LogP contribution >= 0.6 is 0 Å². The molecule has 1 rings (SSSR count). The van der Waals surface area contributed by atoms with Crippen LogP contribution in [0.25, 0.3) is 0 Å². The third-order valence-electron chi connectivity index (χ3n) is 2.94. The van der Waals surface area contributed by atoms with Gasteiger partial charge < -0.3 is 0 Å². The predicted octanol–water partition coefficient (Wildman–Crippen LogP) is 4.21. The Labute approximate surface area is 77.7 Å². The molecule has 1 aliphatic rings. The van der Waals surface area contributed by atoms with E-state index in [1.165, 1.54) is 44.9 Å². The molecule has 1 saturated carbocycles. The largest absolute Gasteiger partial charge is 0.0625 e. The second-order valence-electron chi connectivity index (χ2n) is 4.56. The summed E-state index contributed by atoms with van der Waals surface area (Å²) in [4.78, 5) is 0. The van der Waals surface area contributed by atoms with Crippen molar-refractivity contribution < 1.29 is 0 Å². The average Bonchev–Trinajstić information content (AvgIpc) is 2.05. The van der Waals surface area contributed by atoms with Crippen LogP contribution in [0.4, 0.5) is 0 Å². The maximum Gasteiger partial charge on any atom is -0.0360 e. The topological polar surface area (TPSA) is 0 Å². The van der Waals surface area contributed by atoms with E-state index in [4.69, 9.17) is 0 Å². The molecular weight excluding hydrogens is 144 g/mol. The summed E-state index contributed by atoms with van der Waals surface area (Å²) in [5.41, 5.74) is 0. The van der Waals surface area contributed by atoms with Crippen molar-refractivity contribution in [2.75, 3.05) is 0 Å². The maximum absolute atomic E-state index is 2.47. The molecule has 0 aromatic carbocycles. The third-order valence-corrected chi connectivity index (χ3v) is 2.94. The number of rotatable bonds is 4. The van der Waals surface area contributed by atoms with E-state index < -0.39 is 0 Å². The lowest BCUT2D eigenvalue weighted by atomic mass is 9.85. The van der Waals surface area contributed by atoms with Crippen molar-refractivity contribution in [3.63, 3.8) is 0 Å². The molecule has 0 spiro atoms. The van der Waals surface area contributed by atoms with Crippen LogP contribution in [0.15, 0.2) is 0 Å². The summed E-state index contributed by atoms with van der Waals surface area (Å²) in [5, 5.41) is 0. The number of hydrogen-bond acceptors (Lipinski definition) is 0. The first-order valence-electron chi connectivity index (χ1n) is 5.62. The summed E-state index contributed by atoms with van der Waals surface area (Å²) in [7, 11) is 0. The van der Waals surface area contributed by atoms with Crippen LogP contribution in [0.5, 0.6) is 0 Å². The summed E-state index contributed by atoms with van der Waals surface area (Å²) in [6, 6.07) is 0. The van der Waals surface area contributed by atoms with Crippen molar-refractivity contribution in [1.82, 2.24) is 0 Å². The minimum absolute atomic E-state index is 0.786. The van der Waals surface area contributed by atoms with Crippen molar-refractivity contribution in [3.05, 3.63) is 6.42 Å². The highest BCUT2D eigenvalue weighted by molar-refractivity contribution is 4.73. The molecule has 0 atom stereocenters. The summed E-state index contributed by atoms with van der Waals surface area (Å²) >= 11 is 0. The molecule has 0 unspecified atom stereocenters. The summed E-state index contributed by atoms with van der Waals surface area (Å²) in [5.74, 6) is 1.85. The third kappa shape index (κ3) is 4.13. The van der Waals surface area contributed by atoms with Gasteiger partial charge in [0.15, 0.2) is 0 Å². The molecule has 0 aromatic rings. The van der Waals surface area contributed by atoms with E-state index in [2.05, 4.69) is 20.3 Å². The second-order valence-corrected chi connectivity index (χ2v) is 4.56. The van der Waals surface area contributed by atoms with Gasteiger partial charge in [0.2, 0.25) is 0 Å². The molecule has 0 saturated heterocycles. The van der Waals surface area contributed by atoms with E-state index in [-0.39, 0.29) is 0 Å². The molecule has 0 amide bonds. The van der Waals surface area contributed by atoms with E-state index in [0.29, 0.717) is 0 Å². The summed E-state index contributed by atoms with van der Waals surface area (Å²) in [6.45, 7) is 4.56. The van der Waals surface area contributed by atoms with Gasteiger partial charge in [0.05, 0.1) is 0 Å². The van der Waals surface area contributed by atoms with Crippen LogP contribution < -0.4 is 0 Å². The Balaban J connectivity index is 1.98. The fourth-order valence-corrected chi connectivity index (χ4v) is 2.14. The van der Waals surface area contributed by atoms with E-state index >= 15 is 0 Å². The molecule has 1 fully saturated rings. The van der Waals surface area contributed by atoms with Crippen LogP contribution in [0.3, 0.4) is 0 Å². The molecule has 0 heteroatoms. The molecule has 0 aliphatic heterocycles. The Hall–Kier alpha value is 0. The molecule has 0 bridgehead atoms. The van der Waals surface area contributed by atoms with Gasteiger partial charge in [-0.2, -0.15) is 0 Å². The first kappa shape index (κ1) is 10.1. The van der Waals surface area contributed by atoms with Gasteiger partial charge >= 0.3 is 0 Å². The van der Waals surface area contributed by atoms with Gasteiger partial charge in [-0.15, -0.1) is 0 Å². The lowest BCUT2D eigenvalue weighted by molar-refractivity contribution is 0.335. The standard InChI is InChI=1S/C12H23/c1-11(2)7-6-10-12-8-4-3-5-9-12/h7,11-12H,3-6,8-10H2,1-2H3. The van der Waals surface area contributed by atoms with Crippen molar-refractivity contribution in [1.29, 1.82) is 0 Å². The summed E-state index contributed by atoms with van der Waals surface area (Å²) in [6.07, 6.45) is 12.8. The lowest BCUT2D eigenvalue weighted by Gasteiger charge is -2.21. The SMILES string of the molecule is CC(C)[CH]CCC1CCCCC1. The normalized spacial score (nSPS) is 20.2.